The molecule has 0 aliphatic heterocycles. The zero-order valence-corrected chi connectivity index (χ0v) is 15.1. The first-order valence-electron chi connectivity index (χ1n) is 8.05. The Labute approximate surface area is 151 Å². The number of amides is 1. The minimum absolute atomic E-state index is 0.226. The molecule has 1 atom stereocenters. The molecule has 2 N–H and O–H groups in total. The Hall–Kier alpha value is -2.53. The van der Waals surface area contributed by atoms with Gasteiger partial charge in [0.15, 0.2) is 5.60 Å². The number of aromatic amines is 1. The average Bonchev–Trinajstić information content (AvgIpc) is 3.01. The fourth-order valence-electron chi connectivity index (χ4n) is 2.46. The van der Waals surface area contributed by atoms with E-state index >= 15 is 0 Å². The number of hydrogen-bond acceptors (Lipinski definition) is 3. The monoisotopic (exact) mass is 357 g/mol. The summed E-state index contributed by atoms with van der Waals surface area (Å²) in [5.41, 5.74) is 0.777. The van der Waals surface area contributed by atoms with E-state index in [4.69, 9.17) is 16.3 Å². The maximum Gasteiger partial charge on any atom is 0.264 e. The largest absolute Gasteiger partial charge is 0.478 e. The van der Waals surface area contributed by atoms with Crippen LogP contribution in [0, 0.1) is 0 Å². The second kappa shape index (κ2) is 6.76. The van der Waals surface area contributed by atoms with E-state index in [0.29, 0.717) is 16.6 Å². The van der Waals surface area contributed by atoms with Crippen molar-refractivity contribution in [1.29, 1.82) is 0 Å². The molecule has 0 radical (unpaired) electrons. The topological polar surface area (TPSA) is 67.0 Å². The van der Waals surface area contributed by atoms with Crippen molar-refractivity contribution >= 4 is 28.5 Å². The highest BCUT2D eigenvalue weighted by atomic mass is 35.5. The number of hydrogen-bond donors (Lipinski definition) is 2. The van der Waals surface area contributed by atoms with Gasteiger partial charge in [-0.3, -0.25) is 4.79 Å². The van der Waals surface area contributed by atoms with E-state index in [0.717, 1.165) is 11.0 Å². The molecule has 130 valence electrons. The van der Waals surface area contributed by atoms with E-state index in [1.54, 1.807) is 38.1 Å². The molecule has 0 spiro atoms. The Morgan fingerprint density at radius 1 is 1.20 bits per heavy atom. The van der Waals surface area contributed by atoms with Gasteiger partial charge in [0, 0.05) is 5.02 Å². The van der Waals surface area contributed by atoms with E-state index in [9.17, 15) is 4.79 Å². The smallest absolute Gasteiger partial charge is 0.264 e. The Bertz CT molecular complexity index is 854. The highest BCUT2D eigenvalue weighted by molar-refractivity contribution is 6.30. The summed E-state index contributed by atoms with van der Waals surface area (Å²) in [6, 6.07) is 14.4. The van der Waals surface area contributed by atoms with E-state index in [-0.39, 0.29) is 11.9 Å². The van der Waals surface area contributed by atoms with Crippen molar-refractivity contribution in [3.8, 4) is 5.75 Å². The second-order valence-electron chi connectivity index (χ2n) is 6.40. The number of halogens is 1. The first-order valence-corrected chi connectivity index (χ1v) is 8.43. The Balaban J connectivity index is 1.69. The molecule has 0 bridgehead atoms. The predicted octanol–water partition coefficient (Wildman–Crippen LogP) is 4.25. The molecule has 0 saturated carbocycles. The van der Waals surface area contributed by atoms with Gasteiger partial charge in [0.25, 0.3) is 5.91 Å². The molecule has 0 aliphatic carbocycles. The highest BCUT2D eigenvalue weighted by Crippen LogP contribution is 2.22. The molecule has 1 heterocycles. The van der Waals surface area contributed by atoms with Gasteiger partial charge in [-0.25, -0.2) is 4.98 Å². The number of nitrogens with zero attached hydrogens (tertiary/aromatic N) is 1. The van der Waals surface area contributed by atoms with E-state index in [2.05, 4.69) is 15.3 Å². The number of para-hydroxylation sites is 2. The number of benzene rings is 2. The maximum atomic E-state index is 12.6. The molecule has 6 heteroatoms. The van der Waals surface area contributed by atoms with Crippen LogP contribution in [0.1, 0.15) is 32.6 Å². The molecule has 0 aliphatic rings. The fraction of sp³-hybridized carbons (Fsp3) is 0.263. The van der Waals surface area contributed by atoms with Gasteiger partial charge in [0.2, 0.25) is 0 Å². The summed E-state index contributed by atoms with van der Waals surface area (Å²) in [6.45, 7) is 5.33. The van der Waals surface area contributed by atoms with Crippen LogP contribution in [0.15, 0.2) is 48.5 Å². The predicted molar refractivity (Wildman–Crippen MR) is 98.8 cm³/mol. The number of rotatable bonds is 5. The number of aromatic nitrogens is 2. The molecule has 0 fully saturated rings. The first kappa shape index (κ1) is 17.3. The van der Waals surface area contributed by atoms with Gasteiger partial charge in [-0.1, -0.05) is 23.7 Å². The zero-order valence-electron chi connectivity index (χ0n) is 14.3. The third-order valence-electron chi connectivity index (χ3n) is 3.90. The number of carbonyl (C=O) groups is 1. The molecule has 1 aromatic heterocycles. The molecular weight excluding hydrogens is 338 g/mol. The minimum atomic E-state index is -1.03. The lowest BCUT2D eigenvalue weighted by molar-refractivity contribution is -0.134. The first-order chi connectivity index (χ1) is 11.8. The Morgan fingerprint density at radius 3 is 2.56 bits per heavy atom. The van der Waals surface area contributed by atoms with Gasteiger partial charge in [-0.2, -0.15) is 0 Å². The van der Waals surface area contributed by atoms with E-state index < -0.39 is 5.60 Å². The van der Waals surface area contributed by atoms with E-state index in [1.807, 2.05) is 31.2 Å². The zero-order chi connectivity index (χ0) is 18.0. The van der Waals surface area contributed by atoms with Crippen LogP contribution in [-0.2, 0) is 4.79 Å². The molecule has 0 saturated heterocycles. The lowest BCUT2D eigenvalue weighted by atomic mass is 10.1. The molecule has 3 rings (SSSR count). The third kappa shape index (κ3) is 3.94. The van der Waals surface area contributed by atoms with Crippen molar-refractivity contribution in [3.05, 3.63) is 59.4 Å². The minimum Gasteiger partial charge on any atom is -0.478 e. The second-order valence-corrected chi connectivity index (χ2v) is 6.84. The Morgan fingerprint density at radius 2 is 1.88 bits per heavy atom. The van der Waals surface area contributed by atoms with Crippen molar-refractivity contribution in [2.24, 2.45) is 0 Å². The summed E-state index contributed by atoms with van der Waals surface area (Å²) in [7, 11) is 0. The molecule has 1 amide bonds. The fourth-order valence-corrected chi connectivity index (χ4v) is 2.59. The summed E-state index contributed by atoms with van der Waals surface area (Å²) in [6.07, 6.45) is 0. The third-order valence-corrected chi connectivity index (χ3v) is 4.15. The van der Waals surface area contributed by atoms with Crippen LogP contribution >= 0.6 is 11.6 Å². The highest BCUT2D eigenvalue weighted by Gasteiger charge is 2.31. The number of fused-ring (bicyclic) bond motifs is 1. The summed E-state index contributed by atoms with van der Waals surface area (Å²) < 4.78 is 5.81. The van der Waals surface area contributed by atoms with Gasteiger partial charge < -0.3 is 15.0 Å². The van der Waals surface area contributed by atoms with Crippen LogP contribution in [0.3, 0.4) is 0 Å². The number of imidazole rings is 1. The number of H-pyrrole nitrogens is 1. The molecule has 2 aromatic carbocycles. The molecular formula is C19H20ClN3O2. The summed E-state index contributed by atoms with van der Waals surface area (Å²) in [5, 5.41) is 3.56. The molecule has 1 unspecified atom stereocenters. The normalized spacial score (nSPS) is 12.8. The van der Waals surface area contributed by atoms with Crippen LogP contribution in [0.25, 0.3) is 11.0 Å². The summed E-state index contributed by atoms with van der Waals surface area (Å²) >= 11 is 5.87. The van der Waals surface area contributed by atoms with Crippen LogP contribution in [-0.4, -0.2) is 21.5 Å². The molecule has 25 heavy (non-hydrogen) atoms. The van der Waals surface area contributed by atoms with Gasteiger partial charge >= 0.3 is 0 Å². The SMILES string of the molecule is CC(NC(=O)C(C)(C)Oc1ccc(Cl)cc1)c1nc2ccccc2[nH]1. The quantitative estimate of drug-likeness (QED) is 0.717. The van der Waals surface area contributed by atoms with Crippen LogP contribution in [0.5, 0.6) is 5.75 Å². The molecule has 5 nitrogen and oxygen atoms in total. The van der Waals surface area contributed by atoms with Crippen LogP contribution < -0.4 is 10.1 Å². The molecule has 3 aromatic rings. The maximum absolute atomic E-state index is 12.6. The van der Waals surface area contributed by atoms with E-state index in [1.165, 1.54) is 0 Å². The van der Waals surface area contributed by atoms with Gasteiger partial charge in [0.1, 0.15) is 11.6 Å². The van der Waals surface area contributed by atoms with Crippen molar-refractivity contribution in [1.82, 2.24) is 15.3 Å². The lowest BCUT2D eigenvalue weighted by Gasteiger charge is -2.26. The van der Waals surface area contributed by atoms with Gasteiger partial charge in [-0.15, -0.1) is 0 Å². The van der Waals surface area contributed by atoms with Crippen LogP contribution in [0.2, 0.25) is 5.02 Å². The number of nitrogens with one attached hydrogen (secondary N) is 2. The summed E-state index contributed by atoms with van der Waals surface area (Å²) in [4.78, 5) is 20.4. The average molecular weight is 358 g/mol. The van der Waals surface area contributed by atoms with Crippen molar-refractivity contribution in [3.63, 3.8) is 0 Å². The van der Waals surface area contributed by atoms with Gasteiger partial charge in [-0.05, 0) is 57.2 Å². The van der Waals surface area contributed by atoms with Gasteiger partial charge in [0.05, 0.1) is 17.1 Å². The summed E-state index contributed by atoms with van der Waals surface area (Å²) in [5.74, 6) is 1.06. The van der Waals surface area contributed by atoms with Crippen LogP contribution in [0.4, 0.5) is 0 Å². The lowest BCUT2D eigenvalue weighted by Crippen LogP contribution is -2.47. The number of ether oxygens (including phenoxy) is 1. The van der Waals surface area contributed by atoms with Crippen molar-refractivity contribution in [2.45, 2.75) is 32.4 Å². The number of carbonyl (C=O) groups excluding carboxylic acids is 1. The Kier molecular flexibility index (Phi) is 4.68. The standard InChI is InChI=1S/C19H20ClN3O2/c1-12(17-22-15-6-4-5-7-16(15)23-17)21-18(24)19(2,3)25-14-10-8-13(20)9-11-14/h4-12H,1-3H3,(H,21,24)(H,22,23). The van der Waals surface area contributed by atoms with Crippen molar-refractivity contribution in [2.75, 3.05) is 0 Å². The van der Waals surface area contributed by atoms with Crippen molar-refractivity contribution < 1.29 is 9.53 Å².